The average Bonchev–Trinajstić information content (AvgIpc) is 3.02. The minimum atomic E-state index is -4.63. The average molecular weight is 641 g/mol. The highest BCUT2D eigenvalue weighted by atomic mass is 19.4. The Balaban J connectivity index is 1.77. The maximum absolute atomic E-state index is 13.8. The van der Waals surface area contributed by atoms with E-state index in [9.17, 15) is 22.8 Å². The molecule has 2 heterocycles. The van der Waals surface area contributed by atoms with Gasteiger partial charge in [-0.25, -0.2) is 14.7 Å². The number of anilines is 6. The summed E-state index contributed by atoms with van der Waals surface area (Å²) in [6.45, 7) is 7.56. The monoisotopic (exact) mass is 640 g/mol. The molecule has 2 N–H and O–H groups in total. The third-order valence-corrected chi connectivity index (χ3v) is 7.68. The first-order chi connectivity index (χ1) is 21.8. The Morgan fingerprint density at radius 2 is 1.85 bits per heavy atom. The van der Waals surface area contributed by atoms with Crippen LogP contribution in [0.4, 0.5) is 52.5 Å². The fourth-order valence-electron chi connectivity index (χ4n) is 4.85. The van der Waals surface area contributed by atoms with E-state index in [1.54, 1.807) is 24.3 Å². The van der Waals surface area contributed by atoms with Crippen molar-refractivity contribution in [2.45, 2.75) is 39.0 Å². The van der Waals surface area contributed by atoms with Gasteiger partial charge in [0.05, 0.1) is 36.4 Å². The van der Waals surface area contributed by atoms with Crippen molar-refractivity contribution < 1.29 is 27.5 Å². The number of hydrogen-bond donors (Lipinski definition) is 2. The van der Waals surface area contributed by atoms with Crippen molar-refractivity contribution in [3.63, 3.8) is 0 Å². The molecule has 3 aromatic rings. The second kappa shape index (κ2) is 14.1. The van der Waals surface area contributed by atoms with Gasteiger partial charge in [-0.3, -0.25) is 4.79 Å². The molecule has 0 unspecified atom stereocenters. The van der Waals surface area contributed by atoms with Gasteiger partial charge in [0.15, 0.2) is 5.82 Å². The summed E-state index contributed by atoms with van der Waals surface area (Å²) < 4.78 is 47.0. The summed E-state index contributed by atoms with van der Waals surface area (Å²) in [7, 11) is 7.31. The second-order valence-electron chi connectivity index (χ2n) is 11.1. The van der Waals surface area contributed by atoms with E-state index in [1.807, 2.05) is 50.0 Å². The van der Waals surface area contributed by atoms with Crippen LogP contribution in [0.15, 0.2) is 55.3 Å². The van der Waals surface area contributed by atoms with Crippen LogP contribution in [0.5, 0.6) is 5.75 Å². The highest BCUT2D eigenvalue weighted by Crippen LogP contribution is 2.40. The molecule has 1 aliphatic rings. The normalized spacial score (nSPS) is 13.7. The predicted molar refractivity (Wildman–Crippen MR) is 173 cm³/mol. The number of aryl methyl sites for hydroxylation is 1. The van der Waals surface area contributed by atoms with Gasteiger partial charge in [0, 0.05) is 38.0 Å². The van der Waals surface area contributed by atoms with Gasteiger partial charge in [0.1, 0.15) is 11.8 Å². The Morgan fingerprint density at radius 1 is 1.15 bits per heavy atom. The number of fused-ring (bicyclic) bond motifs is 1. The maximum Gasteiger partial charge on any atom is 0.408 e. The Morgan fingerprint density at radius 3 is 2.43 bits per heavy atom. The molecule has 1 aromatic heterocycles. The van der Waals surface area contributed by atoms with Gasteiger partial charge in [-0.2, -0.15) is 18.2 Å². The molecular weight excluding hydrogens is 601 g/mol. The first-order valence-corrected chi connectivity index (χ1v) is 14.7. The van der Waals surface area contributed by atoms with Crippen LogP contribution < -0.4 is 25.2 Å². The molecule has 0 aliphatic carbocycles. The highest BCUT2D eigenvalue weighted by molar-refractivity contribution is 6.03. The molecule has 11 nitrogen and oxygen atoms in total. The van der Waals surface area contributed by atoms with Crippen molar-refractivity contribution in [1.82, 2.24) is 19.8 Å². The lowest BCUT2D eigenvalue weighted by atomic mass is 10.1. The Bertz CT molecular complexity index is 1580. The molecule has 46 heavy (non-hydrogen) atoms. The minimum absolute atomic E-state index is 0.0621. The van der Waals surface area contributed by atoms with E-state index in [-0.39, 0.29) is 18.3 Å². The molecule has 4 rings (SSSR count). The quantitative estimate of drug-likeness (QED) is 0.235. The number of carbonyl (C=O) groups excluding carboxylic acids is 2. The third-order valence-electron chi connectivity index (χ3n) is 7.68. The molecule has 0 saturated heterocycles. The summed E-state index contributed by atoms with van der Waals surface area (Å²) >= 11 is 0. The molecule has 3 amide bonds. The van der Waals surface area contributed by atoms with Crippen LogP contribution in [0.25, 0.3) is 0 Å². The number of amides is 3. The fourth-order valence-corrected chi connectivity index (χ4v) is 4.85. The number of rotatable bonds is 12. The van der Waals surface area contributed by atoms with Gasteiger partial charge >= 0.3 is 12.2 Å². The summed E-state index contributed by atoms with van der Waals surface area (Å²) in [5.74, 6) is 0.214. The zero-order chi connectivity index (χ0) is 33.8. The summed E-state index contributed by atoms with van der Waals surface area (Å²) in [5.41, 5.74) is 3.27. The van der Waals surface area contributed by atoms with E-state index in [0.717, 1.165) is 36.4 Å². The Kier molecular flexibility index (Phi) is 10.4. The van der Waals surface area contributed by atoms with Crippen molar-refractivity contribution in [3.8, 4) is 5.75 Å². The molecule has 0 bridgehead atoms. The zero-order valence-corrected chi connectivity index (χ0v) is 26.8. The standard InChI is InChI=1S/C32H39F3N8O3/c1-8-21-10-12-23(13-11-21)43-29-22(19-42(31(43)45)20(3)32(33,34)35)18-36-30(39-29)38-25-16-24(37-28(44)9-2)26(17-27(25)46-7)41(6)15-14-40(4)5/h9-13,16-18,20H,2,8,14-15,19H2,1,3-7H3,(H,37,44)(H,36,38,39)/t20-/m0/s1. The lowest BCUT2D eigenvalue weighted by Crippen LogP contribution is -2.53. The molecule has 0 fully saturated rings. The van der Waals surface area contributed by atoms with Gasteiger partial charge in [0.2, 0.25) is 11.9 Å². The van der Waals surface area contributed by atoms with Crippen molar-refractivity contribution in [2.24, 2.45) is 0 Å². The van der Waals surface area contributed by atoms with Crippen molar-refractivity contribution in [3.05, 3.63) is 66.4 Å². The van der Waals surface area contributed by atoms with Crippen LogP contribution in [-0.2, 0) is 17.8 Å². The molecule has 246 valence electrons. The van der Waals surface area contributed by atoms with E-state index in [2.05, 4.69) is 27.2 Å². The third kappa shape index (κ3) is 7.50. The van der Waals surface area contributed by atoms with Crippen LogP contribution in [0.3, 0.4) is 0 Å². The highest BCUT2D eigenvalue weighted by Gasteiger charge is 2.46. The summed E-state index contributed by atoms with van der Waals surface area (Å²) in [5, 5.41) is 5.93. The van der Waals surface area contributed by atoms with Gasteiger partial charge in [-0.15, -0.1) is 0 Å². The maximum atomic E-state index is 13.8. The number of aromatic nitrogens is 2. The van der Waals surface area contributed by atoms with Crippen LogP contribution >= 0.6 is 0 Å². The number of ether oxygens (including phenoxy) is 1. The topological polar surface area (TPSA) is 106 Å². The van der Waals surface area contributed by atoms with Crippen molar-refractivity contribution >= 4 is 46.5 Å². The summed E-state index contributed by atoms with van der Waals surface area (Å²) in [6.07, 6.45) is -1.32. The van der Waals surface area contributed by atoms with Crippen LogP contribution in [-0.4, -0.2) is 85.3 Å². The molecular formula is C32H39F3N8O3. The first kappa shape index (κ1) is 34.0. The molecule has 2 aromatic carbocycles. The molecule has 0 radical (unpaired) electrons. The number of nitrogens with one attached hydrogen (secondary N) is 2. The van der Waals surface area contributed by atoms with Gasteiger partial charge in [-0.05, 0) is 57.3 Å². The number of benzene rings is 2. The lowest BCUT2D eigenvalue weighted by Gasteiger charge is -2.39. The van der Waals surface area contributed by atoms with E-state index >= 15 is 0 Å². The van der Waals surface area contributed by atoms with Crippen LogP contribution in [0.1, 0.15) is 25.0 Å². The molecule has 1 atom stereocenters. The smallest absolute Gasteiger partial charge is 0.408 e. The number of halogens is 3. The van der Waals surface area contributed by atoms with E-state index in [1.165, 1.54) is 18.2 Å². The molecule has 0 saturated carbocycles. The molecule has 1 aliphatic heterocycles. The van der Waals surface area contributed by atoms with Crippen LogP contribution in [0, 0.1) is 0 Å². The number of nitrogens with zero attached hydrogens (tertiary/aromatic N) is 6. The van der Waals surface area contributed by atoms with Gasteiger partial charge in [0.25, 0.3) is 0 Å². The van der Waals surface area contributed by atoms with E-state index < -0.39 is 24.2 Å². The summed E-state index contributed by atoms with van der Waals surface area (Å²) in [4.78, 5) is 40.9. The minimum Gasteiger partial charge on any atom is -0.494 e. The lowest BCUT2D eigenvalue weighted by molar-refractivity contribution is -0.172. The van der Waals surface area contributed by atoms with Gasteiger partial charge < -0.3 is 30.1 Å². The Hall–Kier alpha value is -4.85. The number of urea groups is 1. The second-order valence-corrected chi connectivity index (χ2v) is 11.1. The largest absolute Gasteiger partial charge is 0.494 e. The zero-order valence-electron chi connectivity index (χ0n) is 26.8. The predicted octanol–water partition coefficient (Wildman–Crippen LogP) is 5.94. The number of hydrogen-bond acceptors (Lipinski definition) is 8. The first-order valence-electron chi connectivity index (χ1n) is 14.7. The molecule has 0 spiro atoms. The van der Waals surface area contributed by atoms with Crippen molar-refractivity contribution in [2.75, 3.05) is 61.8 Å². The molecule has 14 heteroatoms. The van der Waals surface area contributed by atoms with Gasteiger partial charge in [-0.1, -0.05) is 25.6 Å². The van der Waals surface area contributed by atoms with Crippen molar-refractivity contribution in [1.29, 1.82) is 0 Å². The van der Waals surface area contributed by atoms with E-state index in [0.29, 0.717) is 40.6 Å². The fraction of sp³-hybridized carbons (Fsp3) is 0.375. The Labute approximate surface area is 266 Å². The number of methoxy groups -OCH3 is 1. The number of alkyl halides is 3. The SMILES string of the molecule is C=CC(=O)Nc1cc(Nc2ncc3c(n2)N(c2ccc(CC)cc2)C(=O)N([C@@H](C)C(F)(F)F)C3)c(OC)cc1N(C)CCN(C)C. The van der Waals surface area contributed by atoms with E-state index in [4.69, 9.17) is 4.74 Å². The number of likely N-dealkylation sites (N-methyl/N-ethyl adjacent to an activating group) is 2. The summed E-state index contributed by atoms with van der Waals surface area (Å²) in [6, 6.07) is 7.53. The number of carbonyl (C=O) groups is 2. The van der Waals surface area contributed by atoms with Crippen LogP contribution in [0.2, 0.25) is 0 Å².